The van der Waals surface area contributed by atoms with Crippen LogP contribution < -0.4 is 15.2 Å². The molecule has 0 fully saturated rings. The number of rotatable bonds is 6. The molecule has 1 unspecified atom stereocenters. The maximum absolute atomic E-state index is 14.4. The Hall–Kier alpha value is -3.84. The predicted octanol–water partition coefficient (Wildman–Crippen LogP) is 7.91. The van der Waals surface area contributed by atoms with E-state index in [0.717, 1.165) is 26.6 Å². The van der Waals surface area contributed by atoms with E-state index in [2.05, 4.69) is 41.3 Å². The molecule has 0 aromatic heterocycles. The number of hydrogen-bond acceptors (Lipinski definition) is 3. The van der Waals surface area contributed by atoms with Crippen molar-refractivity contribution in [1.82, 2.24) is 5.01 Å². The monoisotopic (exact) mass is 570 g/mol. The highest BCUT2D eigenvalue weighted by molar-refractivity contribution is 9.10. The Labute approximate surface area is 231 Å². The first kappa shape index (κ1) is 25.8. The highest BCUT2D eigenvalue weighted by Crippen LogP contribution is 2.37. The van der Waals surface area contributed by atoms with Crippen molar-refractivity contribution in [3.05, 3.63) is 101 Å². The molecule has 1 aliphatic heterocycles. The van der Waals surface area contributed by atoms with E-state index in [9.17, 15) is 9.59 Å². The minimum absolute atomic E-state index is 0.109. The molecule has 0 saturated carbocycles. The lowest BCUT2D eigenvalue weighted by Crippen LogP contribution is -2.61. The number of nitrogens with one attached hydrogen (secondary N) is 1. The number of hydrazine groups is 1. The Kier molecular flexibility index (Phi) is 7.38. The number of para-hydroxylation sites is 1. The number of benzene rings is 4. The van der Waals surface area contributed by atoms with E-state index >= 15 is 0 Å². The van der Waals surface area contributed by atoms with Gasteiger partial charge in [0.25, 0.3) is 5.91 Å². The fourth-order valence-corrected chi connectivity index (χ4v) is 5.40. The number of carbonyl (C=O) groups excluding carboxylic acids is 2. The largest absolute Gasteiger partial charge is 0.344 e. The summed E-state index contributed by atoms with van der Waals surface area (Å²) in [5, 5.41) is 3.80. The van der Waals surface area contributed by atoms with Crippen LogP contribution >= 0.6 is 15.9 Å². The van der Waals surface area contributed by atoms with Crippen molar-refractivity contribution in [3.63, 3.8) is 0 Å². The minimum atomic E-state index is -0.495. The number of halogens is 1. The van der Waals surface area contributed by atoms with Crippen molar-refractivity contribution < 1.29 is 9.59 Å². The third kappa shape index (κ3) is 4.98. The zero-order chi connectivity index (χ0) is 26.8. The van der Waals surface area contributed by atoms with Crippen LogP contribution in [0.1, 0.15) is 37.6 Å². The van der Waals surface area contributed by atoms with Crippen LogP contribution in [0, 0.1) is 5.92 Å². The molecule has 7 heteroatoms. The van der Waals surface area contributed by atoms with E-state index in [1.807, 2.05) is 85.8 Å². The quantitative estimate of drug-likeness (QED) is 0.239. The first-order valence-corrected chi connectivity index (χ1v) is 13.7. The summed E-state index contributed by atoms with van der Waals surface area (Å²) in [4.78, 5) is 31.8. The molecular formula is C31H31BrN4O2. The van der Waals surface area contributed by atoms with Gasteiger partial charge in [0.1, 0.15) is 6.17 Å². The lowest BCUT2D eigenvalue weighted by molar-refractivity contribution is 0.0968. The van der Waals surface area contributed by atoms with Crippen LogP contribution in [0.3, 0.4) is 0 Å². The van der Waals surface area contributed by atoms with Crippen LogP contribution in [0.4, 0.5) is 21.9 Å². The van der Waals surface area contributed by atoms with Gasteiger partial charge in [0, 0.05) is 16.7 Å². The maximum Gasteiger partial charge on any atom is 0.344 e. The summed E-state index contributed by atoms with van der Waals surface area (Å²) in [6, 6.07) is 29.0. The van der Waals surface area contributed by atoms with E-state index in [4.69, 9.17) is 0 Å². The van der Waals surface area contributed by atoms with Crippen molar-refractivity contribution in [2.45, 2.75) is 33.4 Å². The van der Waals surface area contributed by atoms with Gasteiger partial charge in [-0.1, -0.05) is 85.2 Å². The summed E-state index contributed by atoms with van der Waals surface area (Å²) in [5.74, 6) is 0.110. The number of anilines is 3. The molecule has 0 radical (unpaired) electrons. The summed E-state index contributed by atoms with van der Waals surface area (Å²) in [5.41, 5.74) is 6.02. The molecule has 0 saturated heterocycles. The maximum atomic E-state index is 14.4. The third-order valence-corrected chi connectivity index (χ3v) is 7.15. The van der Waals surface area contributed by atoms with Crippen LogP contribution in [0.2, 0.25) is 0 Å². The van der Waals surface area contributed by atoms with Gasteiger partial charge in [-0.2, -0.15) is 0 Å². The first-order chi connectivity index (χ1) is 18.4. The third-order valence-electron chi connectivity index (χ3n) is 6.66. The summed E-state index contributed by atoms with van der Waals surface area (Å²) >= 11 is 3.52. The molecule has 38 heavy (non-hydrogen) atoms. The van der Waals surface area contributed by atoms with E-state index < -0.39 is 6.17 Å². The van der Waals surface area contributed by atoms with E-state index in [0.29, 0.717) is 24.2 Å². The second-order valence-corrected chi connectivity index (χ2v) is 10.8. The average Bonchev–Trinajstić information content (AvgIpc) is 2.91. The number of amides is 3. The van der Waals surface area contributed by atoms with Gasteiger partial charge in [-0.3, -0.25) is 20.0 Å². The number of nitrogens with zero attached hydrogens (tertiary/aromatic N) is 3. The van der Waals surface area contributed by atoms with Gasteiger partial charge in [-0.25, -0.2) is 9.80 Å². The van der Waals surface area contributed by atoms with Gasteiger partial charge in [0.2, 0.25) is 0 Å². The van der Waals surface area contributed by atoms with Gasteiger partial charge < -0.3 is 0 Å². The lowest BCUT2D eigenvalue weighted by atomic mass is 10.0. The minimum Gasteiger partial charge on any atom is -0.295 e. The summed E-state index contributed by atoms with van der Waals surface area (Å²) in [7, 11) is 0. The first-order valence-electron chi connectivity index (χ1n) is 12.9. The normalized spacial score (nSPS) is 15.1. The van der Waals surface area contributed by atoms with E-state index in [-0.39, 0.29) is 17.9 Å². The second kappa shape index (κ2) is 10.9. The van der Waals surface area contributed by atoms with E-state index in [1.165, 1.54) is 0 Å². The van der Waals surface area contributed by atoms with Crippen molar-refractivity contribution in [2.24, 2.45) is 5.92 Å². The van der Waals surface area contributed by atoms with Crippen molar-refractivity contribution in [3.8, 4) is 0 Å². The number of fused-ring (bicyclic) bond motifs is 2. The smallest absolute Gasteiger partial charge is 0.295 e. The van der Waals surface area contributed by atoms with Gasteiger partial charge in [0.15, 0.2) is 0 Å². The van der Waals surface area contributed by atoms with Gasteiger partial charge in [0.05, 0.1) is 16.9 Å². The molecule has 4 aromatic carbocycles. The van der Waals surface area contributed by atoms with Gasteiger partial charge in [-0.15, -0.1) is 0 Å². The number of carbonyl (C=O) groups is 2. The number of urea groups is 1. The molecule has 1 N–H and O–H groups in total. The molecule has 3 amide bonds. The standard InChI is InChI=1S/C31H31BrN4O2/c1-4-29-35(26-17-16-22-10-5-6-11-23(22)18-26)30(37)27-14-7-8-15-28(27)36(29)31(38)34(20-21(2)3)33-25-13-9-12-24(32)19-25/h5-19,21,29,33H,4,20H2,1-3H3. The summed E-state index contributed by atoms with van der Waals surface area (Å²) < 4.78 is 0.919. The Morgan fingerprint density at radius 3 is 2.42 bits per heavy atom. The molecular weight excluding hydrogens is 540 g/mol. The predicted molar refractivity (Wildman–Crippen MR) is 158 cm³/mol. The highest BCUT2D eigenvalue weighted by Gasteiger charge is 2.42. The van der Waals surface area contributed by atoms with Crippen LogP contribution in [0.5, 0.6) is 0 Å². The second-order valence-electron chi connectivity index (χ2n) is 9.89. The molecule has 1 aliphatic rings. The number of hydrogen-bond donors (Lipinski definition) is 1. The topological polar surface area (TPSA) is 55.9 Å². The SMILES string of the molecule is CCC1N(c2ccc3ccccc3c2)C(=O)c2ccccc2N1C(=O)N(CC(C)C)Nc1cccc(Br)c1. The Balaban J connectivity index is 1.60. The molecule has 4 aromatic rings. The Morgan fingerprint density at radius 1 is 0.947 bits per heavy atom. The van der Waals surface area contributed by atoms with Crippen molar-refractivity contribution in [1.29, 1.82) is 0 Å². The zero-order valence-corrected chi connectivity index (χ0v) is 23.4. The summed E-state index contributed by atoms with van der Waals surface area (Å²) in [6.45, 7) is 6.66. The van der Waals surface area contributed by atoms with Crippen LogP contribution in [-0.4, -0.2) is 29.7 Å². The Bertz CT molecular complexity index is 1490. The Morgan fingerprint density at radius 2 is 1.68 bits per heavy atom. The molecule has 0 spiro atoms. The van der Waals surface area contributed by atoms with Crippen LogP contribution in [0.15, 0.2) is 95.5 Å². The molecule has 6 nitrogen and oxygen atoms in total. The lowest BCUT2D eigenvalue weighted by Gasteiger charge is -2.45. The van der Waals surface area contributed by atoms with Gasteiger partial charge in [-0.05, 0) is 65.6 Å². The molecule has 5 rings (SSSR count). The molecule has 194 valence electrons. The average molecular weight is 572 g/mol. The molecule has 1 atom stereocenters. The fraction of sp³-hybridized carbons (Fsp3) is 0.226. The van der Waals surface area contributed by atoms with Crippen LogP contribution in [-0.2, 0) is 0 Å². The highest BCUT2D eigenvalue weighted by atomic mass is 79.9. The fourth-order valence-electron chi connectivity index (χ4n) is 5.00. The van der Waals surface area contributed by atoms with Crippen molar-refractivity contribution >= 4 is 55.7 Å². The molecule has 0 aliphatic carbocycles. The molecule has 0 bridgehead atoms. The van der Waals surface area contributed by atoms with E-state index in [1.54, 1.807) is 20.9 Å². The van der Waals surface area contributed by atoms with Crippen LogP contribution in [0.25, 0.3) is 10.8 Å². The zero-order valence-electron chi connectivity index (χ0n) is 21.8. The molecule has 1 heterocycles. The van der Waals surface area contributed by atoms with Crippen molar-refractivity contribution in [2.75, 3.05) is 21.8 Å². The van der Waals surface area contributed by atoms with Gasteiger partial charge >= 0.3 is 6.03 Å². The summed E-state index contributed by atoms with van der Waals surface area (Å²) in [6.07, 6.45) is 0.0652.